The number of aromatic nitrogens is 2. The van der Waals surface area contributed by atoms with Crippen molar-refractivity contribution in [3.05, 3.63) is 46.2 Å². The molecule has 0 radical (unpaired) electrons. The summed E-state index contributed by atoms with van der Waals surface area (Å²) >= 11 is 1.55. The average Bonchev–Trinajstić information content (AvgIpc) is 3.10. The van der Waals surface area contributed by atoms with Gasteiger partial charge < -0.3 is 5.32 Å². The summed E-state index contributed by atoms with van der Waals surface area (Å²) in [7, 11) is 0. The lowest BCUT2D eigenvalue weighted by atomic mass is 10.1. The summed E-state index contributed by atoms with van der Waals surface area (Å²) in [6.45, 7) is 7.48. The van der Waals surface area contributed by atoms with E-state index in [0.717, 1.165) is 30.3 Å². The minimum absolute atomic E-state index is 0.0704. The third kappa shape index (κ3) is 6.36. The maximum atomic E-state index is 12.0. The van der Waals surface area contributed by atoms with E-state index in [-0.39, 0.29) is 24.5 Å². The van der Waals surface area contributed by atoms with Gasteiger partial charge in [0, 0.05) is 42.7 Å². The van der Waals surface area contributed by atoms with Crippen LogP contribution in [0.1, 0.15) is 47.7 Å². The third-order valence-electron chi connectivity index (χ3n) is 3.88. The van der Waals surface area contributed by atoms with Crippen LogP contribution in [0.3, 0.4) is 0 Å². The molecule has 0 atom stereocenters. The molecule has 0 spiro atoms. The van der Waals surface area contributed by atoms with Crippen LogP contribution >= 0.6 is 11.3 Å². The maximum Gasteiger partial charge on any atom is 0.220 e. The lowest BCUT2D eigenvalue weighted by Crippen LogP contribution is -2.24. The Morgan fingerprint density at radius 1 is 1.24 bits per heavy atom. The minimum atomic E-state index is -0.141. The molecule has 6 nitrogen and oxygen atoms in total. The standard InChI is InChI=1S/C18H24N4O2S/c1-3-22(4-2)12-15-13-25-18(21-15)11-20-17(24)8-7-16(23)14-6-5-9-19-10-14/h5-6,9-10,13H,3-4,7-8,11-12H2,1-2H3,(H,20,24). The number of rotatable bonds is 10. The zero-order valence-electron chi connectivity index (χ0n) is 14.7. The molecule has 0 aliphatic carbocycles. The molecule has 2 heterocycles. The smallest absolute Gasteiger partial charge is 0.220 e. The highest BCUT2D eigenvalue weighted by atomic mass is 32.1. The molecule has 0 aromatic carbocycles. The third-order valence-corrected chi connectivity index (χ3v) is 4.78. The largest absolute Gasteiger partial charge is 0.350 e. The number of hydrogen-bond acceptors (Lipinski definition) is 6. The fourth-order valence-electron chi connectivity index (χ4n) is 2.34. The Morgan fingerprint density at radius 2 is 2.04 bits per heavy atom. The molecule has 0 fully saturated rings. The fourth-order valence-corrected chi connectivity index (χ4v) is 3.07. The number of Topliss-reactive ketones (excluding diaryl/α,β-unsaturated/α-hetero) is 1. The van der Waals surface area contributed by atoms with Gasteiger partial charge >= 0.3 is 0 Å². The molecule has 25 heavy (non-hydrogen) atoms. The van der Waals surface area contributed by atoms with E-state index in [1.165, 1.54) is 6.20 Å². The Morgan fingerprint density at radius 3 is 2.72 bits per heavy atom. The quantitative estimate of drug-likeness (QED) is 0.659. The van der Waals surface area contributed by atoms with Gasteiger partial charge in [0.25, 0.3) is 0 Å². The molecule has 1 amide bonds. The van der Waals surface area contributed by atoms with E-state index in [1.807, 2.05) is 5.38 Å². The first-order chi connectivity index (χ1) is 12.1. The number of amides is 1. The van der Waals surface area contributed by atoms with Crippen molar-refractivity contribution in [2.75, 3.05) is 13.1 Å². The van der Waals surface area contributed by atoms with E-state index in [9.17, 15) is 9.59 Å². The summed E-state index contributed by atoms with van der Waals surface area (Å²) in [6.07, 6.45) is 3.49. The van der Waals surface area contributed by atoms with Crippen LogP contribution in [-0.4, -0.2) is 39.6 Å². The first-order valence-corrected chi connectivity index (χ1v) is 9.35. The molecular formula is C18H24N4O2S. The Kier molecular flexibility index (Phi) is 7.69. The van der Waals surface area contributed by atoms with Crippen LogP contribution in [0.2, 0.25) is 0 Å². The van der Waals surface area contributed by atoms with Crippen molar-refractivity contribution >= 4 is 23.0 Å². The van der Waals surface area contributed by atoms with Gasteiger partial charge in [-0.25, -0.2) is 4.98 Å². The fraction of sp³-hybridized carbons (Fsp3) is 0.444. The summed E-state index contributed by atoms with van der Waals surface area (Å²) in [6, 6.07) is 3.42. The van der Waals surface area contributed by atoms with Crippen LogP contribution in [0.5, 0.6) is 0 Å². The lowest BCUT2D eigenvalue weighted by molar-refractivity contribution is -0.121. The molecule has 0 bridgehead atoms. The maximum absolute atomic E-state index is 12.0. The summed E-state index contributed by atoms with van der Waals surface area (Å²) in [5, 5.41) is 5.74. The molecule has 7 heteroatoms. The highest BCUT2D eigenvalue weighted by Gasteiger charge is 2.10. The van der Waals surface area contributed by atoms with Gasteiger partial charge in [0.15, 0.2) is 5.78 Å². The van der Waals surface area contributed by atoms with Crippen molar-refractivity contribution in [2.45, 2.75) is 39.8 Å². The van der Waals surface area contributed by atoms with Crippen LogP contribution in [0.15, 0.2) is 29.9 Å². The van der Waals surface area contributed by atoms with E-state index in [0.29, 0.717) is 12.1 Å². The number of nitrogens with one attached hydrogen (secondary N) is 1. The Balaban J connectivity index is 1.73. The van der Waals surface area contributed by atoms with Crippen molar-refractivity contribution in [1.29, 1.82) is 0 Å². The Labute approximate surface area is 152 Å². The number of carbonyl (C=O) groups excluding carboxylic acids is 2. The molecule has 134 valence electrons. The van der Waals surface area contributed by atoms with E-state index in [1.54, 1.807) is 29.7 Å². The predicted octanol–water partition coefficient (Wildman–Crippen LogP) is 2.66. The van der Waals surface area contributed by atoms with Gasteiger partial charge in [-0.3, -0.25) is 19.5 Å². The lowest BCUT2D eigenvalue weighted by Gasteiger charge is -2.15. The van der Waals surface area contributed by atoms with Crippen LogP contribution in [0, 0.1) is 0 Å². The van der Waals surface area contributed by atoms with E-state index in [4.69, 9.17) is 0 Å². The second-order valence-corrected chi connectivity index (χ2v) is 6.58. The Bertz CT molecular complexity index is 683. The second kappa shape index (κ2) is 10.0. The molecule has 0 aliphatic heterocycles. The van der Waals surface area contributed by atoms with Crippen LogP contribution in [0.4, 0.5) is 0 Å². The zero-order valence-corrected chi connectivity index (χ0v) is 15.5. The number of hydrogen-bond donors (Lipinski definition) is 1. The molecule has 2 aromatic rings. The average molecular weight is 360 g/mol. The van der Waals surface area contributed by atoms with Crippen molar-refractivity contribution in [3.8, 4) is 0 Å². The molecule has 0 saturated heterocycles. The van der Waals surface area contributed by atoms with Gasteiger partial charge in [-0.15, -0.1) is 11.3 Å². The Hall–Kier alpha value is -2.12. The second-order valence-electron chi connectivity index (χ2n) is 5.64. The number of thiazole rings is 1. The first-order valence-electron chi connectivity index (χ1n) is 8.48. The van der Waals surface area contributed by atoms with Gasteiger partial charge in [0.05, 0.1) is 12.2 Å². The molecule has 0 saturated carbocycles. The first kappa shape index (κ1) is 19.2. The predicted molar refractivity (Wildman–Crippen MR) is 98.4 cm³/mol. The minimum Gasteiger partial charge on any atom is -0.350 e. The van der Waals surface area contributed by atoms with Gasteiger partial charge in [-0.05, 0) is 25.2 Å². The number of ketones is 1. The van der Waals surface area contributed by atoms with Crippen molar-refractivity contribution in [2.24, 2.45) is 0 Å². The zero-order chi connectivity index (χ0) is 18.1. The molecule has 1 N–H and O–H groups in total. The van der Waals surface area contributed by atoms with Crippen molar-refractivity contribution in [3.63, 3.8) is 0 Å². The normalized spacial score (nSPS) is 10.8. The molecule has 2 rings (SSSR count). The topological polar surface area (TPSA) is 75.2 Å². The highest BCUT2D eigenvalue weighted by molar-refractivity contribution is 7.09. The van der Waals surface area contributed by atoms with Crippen molar-refractivity contribution < 1.29 is 9.59 Å². The summed E-state index contributed by atoms with van der Waals surface area (Å²) < 4.78 is 0. The van der Waals surface area contributed by atoms with Gasteiger partial charge in [-0.2, -0.15) is 0 Å². The summed E-state index contributed by atoms with van der Waals surface area (Å²) in [5.41, 5.74) is 1.57. The van der Waals surface area contributed by atoms with E-state index >= 15 is 0 Å². The summed E-state index contributed by atoms with van der Waals surface area (Å²) in [4.78, 5) is 34.6. The van der Waals surface area contributed by atoms with Gasteiger partial charge in [0.2, 0.25) is 5.91 Å². The van der Waals surface area contributed by atoms with E-state index < -0.39 is 0 Å². The highest BCUT2D eigenvalue weighted by Crippen LogP contribution is 2.12. The van der Waals surface area contributed by atoms with E-state index in [2.05, 4.69) is 34.0 Å². The molecule has 0 unspecified atom stereocenters. The van der Waals surface area contributed by atoms with Crippen LogP contribution in [0.25, 0.3) is 0 Å². The molecule has 0 aliphatic rings. The molecule has 2 aromatic heterocycles. The number of pyridine rings is 1. The SMILES string of the molecule is CCN(CC)Cc1csc(CNC(=O)CCC(=O)c2cccnc2)n1. The monoisotopic (exact) mass is 360 g/mol. The molecular weight excluding hydrogens is 336 g/mol. The van der Waals surface area contributed by atoms with Gasteiger partial charge in [-0.1, -0.05) is 13.8 Å². The summed E-state index contributed by atoms with van der Waals surface area (Å²) in [5.74, 6) is -0.211. The number of nitrogens with zero attached hydrogens (tertiary/aromatic N) is 3. The van der Waals surface area contributed by atoms with Crippen molar-refractivity contribution in [1.82, 2.24) is 20.2 Å². The van der Waals surface area contributed by atoms with Crippen LogP contribution < -0.4 is 5.32 Å². The number of carbonyl (C=O) groups is 2. The van der Waals surface area contributed by atoms with Gasteiger partial charge in [0.1, 0.15) is 5.01 Å². The van der Waals surface area contributed by atoms with Crippen LogP contribution in [-0.2, 0) is 17.9 Å².